The van der Waals surface area contributed by atoms with Gasteiger partial charge in [-0.2, -0.15) is 5.26 Å². The van der Waals surface area contributed by atoms with E-state index in [1.54, 1.807) is 11.9 Å². The molecule has 0 radical (unpaired) electrons. The van der Waals surface area contributed by atoms with Crippen molar-refractivity contribution in [2.24, 2.45) is 0 Å². The maximum atomic E-state index is 12.4. The molecule has 0 bridgehead atoms. The predicted molar refractivity (Wildman–Crippen MR) is 93.8 cm³/mol. The van der Waals surface area contributed by atoms with Crippen LogP contribution < -0.4 is 0 Å². The number of hydrogen-bond donors (Lipinski definition) is 0. The zero-order valence-electron chi connectivity index (χ0n) is 14.1. The van der Waals surface area contributed by atoms with Crippen LogP contribution in [0.1, 0.15) is 28.9 Å². The molecule has 0 atom stereocenters. The second kappa shape index (κ2) is 9.40. The summed E-state index contributed by atoms with van der Waals surface area (Å²) in [7, 11) is 1.74. The van der Waals surface area contributed by atoms with Gasteiger partial charge in [-0.25, -0.2) is 0 Å². The fraction of sp³-hybridized carbons (Fsp3) is 0.588. The Hall–Kier alpha value is -1.91. The average Bonchev–Trinajstić information content (AvgIpc) is 3.02. The van der Waals surface area contributed by atoms with Gasteiger partial charge in [0, 0.05) is 46.2 Å². The molecule has 1 saturated heterocycles. The van der Waals surface area contributed by atoms with E-state index in [0.717, 1.165) is 30.9 Å². The van der Waals surface area contributed by atoms with E-state index in [0.29, 0.717) is 32.5 Å². The Morgan fingerprint density at radius 2 is 2.17 bits per heavy atom. The summed E-state index contributed by atoms with van der Waals surface area (Å²) in [5.41, 5.74) is 0. The molecular formula is C17H24N4O2S. The Balaban J connectivity index is 1.76. The van der Waals surface area contributed by atoms with E-state index in [9.17, 15) is 9.59 Å². The van der Waals surface area contributed by atoms with E-state index in [1.807, 2.05) is 22.4 Å². The highest BCUT2D eigenvalue weighted by molar-refractivity contribution is 7.12. The summed E-state index contributed by atoms with van der Waals surface area (Å²) in [5.74, 6) is 0.181. The molecule has 1 aromatic rings. The van der Waals surface area contributed by atoms with Crippen molar-refractivity contribution in [1.82, 2.24) is 14.7 Å². The number of nitrogens with zero attached hydrogens (tertiary/aromatic N) is 4. The minimum absolute atomic E-state index is 0.0704. The van der Waals surface area contributed by atoms with Crippen molar-refractivity contribution in [2.75, 3.05) is 46.3 Å². The average molecular weight is 348 g/mol. The second-order valence-corrected chi connectivity index (χ2v) is 6.89. The molecule has 0 aromatic carbocycles. The third-order valence-electron chi connectivity index (χ3n) is 4.23. The van der Waals surface area contributed by atoms with Crippen molar-refractivity contribution >= 4 is 23.2 Å². The molecule has 0 aliphatic carbocycles. The van der Waals surface area contributed by atoms with Crippen LogP contribution in [0, 0.1) is 11.3 Å². The van der Waals surface area contributed by atoms with Gasteiger partial charge in [0.25, 0.3) is 5.91 Å². The fourth-order valence-corrected chi connectivity index (χ4v) is 3.43. The summed E-state index contributed by atoms with van der Waals surface area (Å²) in [6.45, 7) is 4.36. The van der Waals surface area contributed by atoms with E-state index >= 15 is 0 Å². The zero-order valence-corrected chi connectivity index (χ0v) is 14.9. The van der Waals surface area contributed by atoms with Crippen LogP contribution in [-0.2, 0) is 4.79 Å². The van der Waals surface area contributed by atoms with Gasteiger partial charge < -0.3 is 14.7 Å². The van der Waals surface area contributed by atoms with Crippen LogP contribution in [-0.4, -0.2) is 72.8 Å². The molecule has 0 unspecified atom stereocenters. The van der Waals surface area contributed by atoms with Gasteiger partial charge in [0.1, 0.15) is 0 Å². The molecule has 0 spiro atoms. The van der Waals surface area contributed by atoms with E-state index < -0.39 is 0 Å². The Kier molecular flexibility index (Phi) is 7.22. The third-order valence-corrected chi connectivity index (χ3v) is 5.09. The fourth-order valence-electron chi connectivity index (χ4n) is 2.74. The van der Waals surface area contributed by atoms with Gasteiger partial charge in [0.05, 0.1) is 17.4 Å². The third kappa shape index (κ3) is 5.32. The molecule has 2 heterocycles. The lowest BCUT2D eigenvalue weighted by Gasteiger charge is -2.22. The standard InChI is InChI=1S/C17H24N4O2S/c1-19(8-3-7-18)16(22)6-11-20-9-4-10-21(13-12-20)17(23)15-5-2-14-24-15/h2,5,14H,3-4,6,8-13H2,1H3. The van der Waals surface area contributed by atoms with E-state index in [2.05, 4.69) is 11.0 Å². The van der Waals surface area contributed by atoms with Crippen LogP contribution >= 0.6 is 11.3 Å². The molecule has 1 aromatic heterocycles. The van der Waals surface area contributed by atoms with Gasteiger partial charge in [0.15, 0.2) is 0 Å². The number of carbonyl (C=O) groups is 2. The number of hydrogen-bond acceptors (Lipinski definition) is 5. The summed E-state index contributed by atoms with van der Waals surface area (Å²) in [6.07, 6.45) is 1.75. The van der Waals surface area contributed by atoms with Crippen molar-refractivity contribution < 1.29 is 9.59 Å². The molecule has 1 aliphatic rings. The maximum absolute atomic E-state index is 12.4. The highest BCUT2D eigenvalue weighted by Crippen LogP contribution is 2.14. The summed E-state index contributed by atoms with van der Waals surface area (Å²) < 4.78 is 0. The largest absolute Gasteiger partial charge is 0.345 e. The molecule has 2 rings (SSSR count). The second-order valence-electron chi connectivity index (χ2n) is 5.94. The summed E-state index contributed by atoms with van der Waals surface area (Å²) in [4.78, 5) is 31.0. The molecule has 6 nitrogen and oxygen atoms in total. The van der Waals surface area contributed by atoms with Gasteiger partial charge in [-0.1, -0.05) is 6.07 Å². The lowest BCUT2D eigenvalue weighted by molar-refractivity contribution is -0.130. The van der Waals surface area contributed by atoms with Gasteiger partial charge in [0.2, 0.25) is 5.91 Å². The van der Waals surface area contributed by atoms with Crippen LogP contribution in [0.3, 0.4) is 0 Å². The SMILES string of the molecule is CN(CCC#N)C(=O)CCN1CCCN(C(=O)c2cccs2)CC1. The Morgan fingerprint density at radius 1 is 1.33 bits per heavy atom. The monoisotopic (exact) mass is 348 g/mol. The maximum Gasteiger partial charge on any atom is 0.263 e. The Labute approximate surface area is 147 Å². The summed E-state index contributed by atoms with van der Waals surface area (Å²) in [5, 5.41) is 10.5. The first-order valence-corrected chi connectivity index (χ1v) is 9.16. The molecule has 1 fully saturated rings. The predicted octanol–water partition coefficient (Wildman–Crippen LogP) is 1.66. The number of amides is 2. The molecule has 1 aliphatic heterocycles. The van der Waals surface area contributed by atoms with Crippen LogP contribution in [0.15, 0.2) is 17.5 Å². The lowest BCUT2D eigenvalue weighted by Crippen LogP contribution is -2.36. The molecule has 0 N–H and O–H groups in total. The molecule has 0 saturated carbocycles. The van der Waals surface area contributed by atoms with Gasteiger partial charge in [-0.3, -0.25) is 9.59 Å². The van der Waals surface area contributed by atoms with Crippen molar-refractivity contribution in [3.05, 3.63) is 22.4 Å². The minimum atomic E-state index is 0.0704. The molecule has 24 heavy (non-hydrogen) atoms. The van der Waals surface area contributed by atoms with E-state index in [4.69, 9.17) is 5.26 Å². The summed E-state index contributed by atoms with van der Waals surface area (Å²) in [6, 6.07) is 5.82. The lowest BCUT2D eigenvalue weighted by atomic mass is 10.3. The molecule has 130 valence electrons. The quantitative estimate of drug-likeness (QED) is 0.784. The van der Waals surface area contributed by atoms with Crippen molar-refractivity contribution in [3.63, 3.8) is 0 Å². The van der Waals surface area contributed by atoms with Crippen LogP contribution in [0.25, 0.3) is 0 Å². The van der Waals surface area contributed by atoms with Gasteiger partial charge in [-0.15, -0.1) is 11.3 Å². The Bertz CT molecular complexity index is 582. The van der Waals surface area contributed by atoms with Crippen LogP contribution in [0.5, 0.6) is 0 Å². The van der Waals surface area contributed by atoms with Crippen LogP contribution in [0.2, 0.25) is 0 Å². The summed E-state index contributed by atoms with van der Waals surface area (Å²) >= 11 is 1.48. The minimum Gasteiger partial charge on any atom is -0.345 e. The number of carbonyl (C=O) groups excluding carboxylic acids is 2. The Morgan fingerprint density at radius 3 is 2.88 bits per heavy atom. The van der Waals surface area contributed by atoms with Crippen molar-refractivity contribution in [2.45, 2.75) is 19.3 Å². The molecular weight excluding hydrogens is 324 g/mol. The highest BCUT2D eigenvalue weighted by Gasteiger charge is 2.21. The van der Waals surface area contributed by atoms with E-state index in [-0.39, 0.29) is 11.8 Å². The van der Waals surface area contributed by atoms with Crippen molar-refractivity contribution in [3.8, 4) is 6.07 Å². The highest BCUT2D eigenvalue weighted by atomic mass is 32.1. The van der Waals surface area contributed by atoms with Gasteiger partial charge >= 0.3 is 0 Å². The number of rotatable bonds is 6. The smallest absolute Gasteiger partial charge is 0.263 e. The van der Waals surface area contributed by atoms with Gasteiger partial charge in [-0.05, 0) is 24.4 Å². The topological polar surface area (TPSA) is 67.7 Å². The molecule has 2 amide bonds. The number of nitriles is 1. The first-order valence-electron chi connectivity index (χ1n) is 8.28. The molecule has 7 heteroatoms. The van der Waals surface area contributed by atoms with Crippen LogP contribution in [0.4, 0.5) is 0 Å². The first kappa shape index (κ1) is 18.4. The first-order chi connectivity index (χ1) is 11.6. The normalized spacial score (nSPS) is 15.6. The zero-order chi connectivity index (χ0) is 17.4. The number of thiophene rings is 1. The van der Waals surface area contributed by atoms with E-state index in [1.165, 1.54) is 11.3 Å². The van der Waals surface area contributed by atoms with Crippen molar-refractivity contribution in [1.29, 1.82) is 5.26 Å².